The molecule has 1 aliphatic heterocycles. The molecule has 0 radical (unpaired) electrons. The molecule has 3 aromatic rings. The third kappa shape index (κ3) is 4.54. The number of aromatic amines is 1. The third-order valence-corrected chi connectivity index (χ3v) is 8.62. The number of aromatic nitrogens is 2. The minimum absolute atomic E-state index is 0.117. The number of halogens is 1. The highest BCUT2D eigenvalue weighted by atomic mass is 35.5. The number of hydrogen-bond acceptors (Lipinski definition) is 7. The van der Waals surface area contributed by atoms with Crippen molar-refractivity contribution < 1.29 is 14.4 Å². The summed E-state index contributed by atoms with van der Waals surface area (Å²) < 4.78 is 0. The largest absolute Gasteiger partial charge is 0.359 e. The lowest BCUT2D eigenvalue weighted by Gasteiger charge is -2.42. The van der Waals surface area contributed by atoms with Crippen LogP contribution in [0.15, 0.2) is 24.3 Å². The molecule has 36 heavy (non-hydrogen) atoms. The van der Waals surface area contributed by atoms with Gasteiger partial charge in [0.1, 0.15) is 5.54 Å². The van der Waals surface area contributed by atoms with E-state index >= 15 is 0 Å². The summed E-state index contributed by atoms with van der Waals surface area (Å²) in [7, 11) is 3.61. The molecule has 5 N–H and O–H groups in total. The average molecular weight is 529 g/mol. The van der Waals surface area contributed by atoms with Gasteiger partial charge in [-0.3, -0.25) is 14.4 Å². The third-order valence-electron chi connectivity index (χ3n) is 7.30. The molecular weight excluding hydrogens is 500 g/mol. The summed E-state index contributed by atoms with van der Waals surface area (Å²) in [6.07, 6.45) is 1.83. The van der Waals surface area contributed by atoms with Gasteiger partial charge in [0.15, 0.2) is 5.01 Å². The molecule has 2 aromatic heterocycles. The van der Waals surface area contributed by atoms with Crippen molar-refractivity contribution in [2.45, 2.75) is 43.8 Å². The number of hydrogen-bond donors (Lipinski definition) is 4. The van der Waals surface area contributed by atoms with Crippen LogP contribution in [0.25, 0.3) is 10.9 Å². The molecular formula is C25H29ClN6O3S. The van der Waals surface area contributed by atoms with Crippen LogP contribution in [-0.2, 0) is 17.8 Å². The van der Waals surface area contributed by atoms with Crippen LogP contribution in [-0.4, -0.2) is 64.7 Å². The van der Waals surface area contributed by atoms with Gasteiger partial charge in [-0.2, -0.15) is 0 Å². The van der Waals surface area contributed by atoms with E-state index in [0.717, 1.165) is 41.0 Å². The molecule has 1 aliphatic carbocycles. The second-order valence-electron chi connectivity index (χ2n) is 9.78. The van der Waals surface area contributed by atoms with Gasteiger partial charge in [0.2, 0.25) is 11.7 Å². The van der Waals surface area contributed by atoms with E-state index in [2.05, 4.69) is 25.5 Å². The van der Waals surface area contributed by atoms with Crippen LogP contribution in [0.2, 0.25) is 5.02 Å². The Kier molecular flexibility index (Phi) is 6.63. The van der Waals surface area contributed by atoms with E-state index in [-0.39, 0.29) is 24.0 Å². The normalized spacial score (nSPS) is 24.3. The zero-order chi connectivity index (χ0) is 25.6. The first-order valence-corrected chi connectivity index (χ1v) is 13.2. The van der Waals surface area contributed by atoms with E-state index in [4.69, 9.17) is 17.3 Å². The summed E-state index contributed by atoms with van der Waals surface area (Å²) in [4.78, 5) is 50.6. The van der Waals surface area contributed by atoms with Crippen LogP contribution in [0.3, 0.4) is 0 Å². The van der Waals surface area contributed by atoms with E-state index in [1.807, 2.05) is 7.05 Å². The average Bonchev–Trinajstić information content (AvgIpc) is 3.47. The van der Waals surface area contributed by atoms with Crippen LogP contribution in [0.1, 0.15) is 50.1 Å². The number of likely N-dealkylation sites (N-methyl/N-ethyl adjacent to an activating group) is 1. The maximum Gasteiger partial charge on any atom is 0.280 e. The van der Waals surface area contributed by atoms with Crippen LogP contribution in [0.4, 0.5) is 0 Å². The van der Waals surface area contributed by atoms with Crippen LogP contribution >= 0.6 is 22.9 Å². The highest BCUT2D eigenvalue weighted by molar-refractivity contribution is 7.13. The van der Waals surface area contributed by atoms with E-state index in [1.54, 1.807) is 31.3 Å². The number of benzene rings is 1. The molecule has 3 atom stereocenters. The SMILES string of the molecule is CNC(=O)C1CCC(NC(=O)c2nc3c(s2)CN(C)CC3)C(N)(C(=O)c2cc3cc(Cl)ccc3[nH]2)C1. The van der Waals surface area contributed by atoms with Gasteiger partial charge in [0.25, 0.3) is 5.91 Å². The summed E-state index contributed by atoms with van der Waals surface area (Å²) in [5, 5.41) is 7.38. The monoisotopic (exact) mass is 528 g/mol. The summed E-state index contributed by atoms with van der Waals surface area (Å²) in [6.45, 7) is 1.67. The molecule has 0 bridgehead atoms. The Balaban J connectivity index is 1.44. The van der Waals surface area contributed by atoms with Crippen molar-refractivity contribution in [3.8, 4) is 0 Å². The Labute approximate surface area is 217 Å². The Morgan fingerprint density at radius 3 is 2.86 bits per heavy atom. The summed E-state index contributed by atoms with van der Waals surface area (Å²) in [5.74, 6) is -1.29. The van der Waals surface area contributed by atoms with Crippen LogP contribution < -0.4 is 16.4 Å². The Bertz CT molecular complexity index is 1350. The van der Waals surface area contributed by atoms with E-state index in [9.17, 15) is 14.4 Å². The number of carbonyl (C=O) groups excluding carboxylic acids is 3. The fourth-order valence-corrected chi connectivity index (χ4v) is 6.55. The quantitative estimate of drug-likeness (QED) is 0.376. The van der Waals surface area contributed by atoms with Gasteiger partial charge < -0.3 is 26.3 Å². The molecule has 1 saturated carbocycles. The first kappa shape index (κ1) is 24.9. The first-order valence-electron chi connectivity index (χ1n) is 12.0. The van der Waals surface area contributed by atoms with Gasteiger partial charge in [-0.05, 0) is 50.6 Å². The fourth-order valence-electron chi connectivity index (χ4n) is 5.27. The molecule has 11 heteroatoms. The van der Waals surface area contributed by atoms with Gasteiger partial charge in [-0.25, -0.2) is 4.98 Å². The number of rotatable bonds is 5. The molecule has 9 nitrogen and oxygen atoms in total. The molecule has 3 heterocycles. The number of nitrogens with zero attached hydrogens (tertiary/aromatic N) is 2. The highest BCUT2D eigenvalue weighted by Gasteiger charge is 2.49. The molecule has 190 valence electrons. The summed E-state index contributed by atoms with van der Waals surface area (Å²) in [6, 6.07) is 6.36. The van der Waals surface area contributed by atoms with Crippen LogP contribution in [0, 0.1) is 5.92 Å². The van der Waals surface area contributed by atoms with Crippen molar-refractivity contribution in [3.05, 3.63) is 50.6 Å². The molecule has 2 amide bonds. The fraction of sp³-hybridized carbons (Fsp3) is 0.440. The summed E-state index contributed by atoms with van der Waals surface area (Å²) >= 11 is 7.50. The number of nitrogens with one attached hydrogen (secondary N) is 3. The number of H-pyrrole nitrogens is 1. The van der Waals surface area contributed by atoms with Gasteiger partial charge in [0.05, 0.1) is 17.4 Å². The van der Waals surface area contributed by atoms with E-state index < -0.39 is 17.5 Å². The van der Waals surface area contributed by atoms with E-state index in [1.165, 1.54) is 11.3 Å². The van der Waals surface area contributed by atoms with Crippen molar-refractivity contribution in [3.63, 3.8) is 0 Å². The second kappa shape index (κ2) is 9.59. The number of thiazole rings is 1. The molecule has 0 saturated heterocycles. The number of amides is 2. The zero-order valence-electron chi connectivity index (χ0n) is 20.2. The Morgan fingerprint density at radius 1 is 1.28 bits per heavy atom. The highest BCUT2D eigenvalue weighted by Crippen LogP contribution is 2.35. The number of Topliss-reactive ketones (excluding diaryl/α,β-unsaturated/α-hetero) is 1. The number of carbonyl (C=O) groups is 3. The Hall–Kier alpha value is -2.79. The lowest BCUT2D eigenvalue weighted by atomic mass is 9.69. The lowest BCUT2D eigenvalue weighted by Crippen LogP contribution is -2.66. The predicted molar refractivity (Wildman–Crippen MR) is 139 cm³/mol. The minimum atomic E-state index is -1.48. The topological polar surface area (TPSA) is 133 Å². The van der Waals surface area contributed by atoms with Crippen molar-refractivity contribution in [1.29, 1.82) is 0 Å². The molecule has 3 unspecified atom stereocenters. The number of ketones is 1. The zero-order valence-corrected chi connectivity index (χ0v) is 21.8. The molecule has 1 fully saturated rings. The van der Waals surface area contributed by atoms with Crippen molar-refractivity contribution in [2.75, 3.05) is 20.6 Å². The smallest absolute Gasteiger partial charge is 0.280 e. The maximum atomic E-state index is 13.9. The van der Waals surface area contributed by atoms with Gasteiger partial charge in [0, 0.05) is 53.3 Å². The molecule has 0 spiro atoms. The van der Waals surface area contributed by atoms with Crippen LogP contribution in [0.5, 0.6) is 0 Å². The predicted octanol–water partition coefficient (Wildman–Crippen LogP) is 2.49. The second-order valence-corrected chi connectivity index (χ2v) is 11.3. The van der Waals surface area contributed by atoms with Gasteiger partial charge in [-0.1, -0.05) is 11.6 Å². The first-order chi connectivity index (χ1) is 17.2. The maximum absolute atomic E-state index is 13.9. The molecule has 1 aromatic carbocycles. The van der Waals surface area contributed by atoms with Crippen molar-refractivity contribution in [1.82, 2.24) is 25.5 Å². The lowest BCUT2D eigenvalue weighted by molar-refractivity contribution is -0.126. The Morgan fingerprint density at radius 2 is 2.08 bits per heavy atom. The number of fused-ring (bicyclic) bond motifs is 2. The number of nitrogens with two attached hydrogens (primary N) is 1. The van der Waals surface area contributed by atoms with E-state index in [0.29, 0.717) is 28.6 Å². The molecule has 2 aliphatic rings. The van der Waals surface area contributed by atoms with Gasteiger partial charge >= 0.3 is 0 Å². The molecule has 5 rings (SSSR count). The minimum Gasteiger partial charge on any atom is -0.359 e. The van der Waals surface area contributed by atoms with Gasteiger partial charge in [-0.15, -0.1) is 11.3 Å². The summed E-state index contributed by atoms with van der Waals surface area (Å²) in [5.41, 5.74) is 7.39. The van der Waals surface area contributed by atoms with Crippen molar-refractivity contribution in [2.24, 2.45) is 11.7 Å². The van der Waals surface area contributed by atoms with Crippen molar-refractivity contribution >= 4 is 51.4 Å². The standard InChI is InChI=1S/C25H29ClN6O3S/c1-28-22(34)13-3-6-20(31-23(35)24-30-17-7-8-32(2)12-19(17)36-24)25(27,11-13)21(33)18-10-14-9-15(26)4-5-16(14)29-18/h4-5,9-10,13,20,29H,3,6-8,11-12,27H2,1-2H3,(H,28,34)(H,31,35).